The van der Waals surface area contributed by atoms with Crippen LogP contribution in [-0.4, -0.2) is 36.7 Å². The number of thioether (sulfide) groups is 1. The molecule has 0 unspecified atom stereocenters. The molecule has 0 saturated carbocycles. The van der Waals surface area contributed by atoms with E-state index in [4.69, 9.17) is 9.41 Å². The molecule has 6 nitrogen and oxygen atoms in total. The first-order chi connectivity index (χ1) is 15.8. The smallest absolute Gasteiger partial charge is 0.295 e. The summed E-state index contributed by atoms with van der Waals surface area (Å²) < 4.78 is 31.0. The van der Waals surface area contributed by atoms with Crippen LogP contribution < -0.4 is 0 Å². The molecule has 172 valence electrons. The number of para-hydroxylation sites is 1. The van der Waals surface area contributed by atoms with Crippen molar-refractivity contribution in [2.45, 2.75) is 36.8 Å². The second-order valence-electron chi connectivity index (χ2n) is 8.10. The van der Waals surface area contributed by atoms with Crippen LogP contribution in [0.3, 0.4) is 0 Å². The van der Waals surface area contributed by atoms with Crippen molar-refractivity contribution < 1.29 is 17.6 Å². The van der Waals surface area contributed by atoms with Crippen molar-refractivity contribution >= 4 is 38.4 Å². The van der Waals surface area contributed by atoms with Crippen LogP contribution in [0.1, 0.15) is 48.1 Å². The Balaban J connectivity index is 1.57. The van der Waals surface area contributed by atoms with Crippen molar-refractivity contribution in [3.63, 3.8) is 0 Å². The summed E-state index contributed by atoms with van der Waals surface area (Å²) in [6, 6.07) is 19.2. The molecule has 1 saturated heterocycles. The summed E-state index contributed by atoms with van der Waals surface area (Å²) in [5, 5.41) is 0.634. The van der Waals surface area contributed by atoms with Gasteiger partial charge in [-0.3, -0.25) is 9.69 Å². The second-order valence-corrected chi connectivity index (χ2v) is 11.2. The molecule has 0 N–H and O–H groups in total. The standard InChI is InChI=1S/C25H26N2O4S2/c1-18(2)21-11-6-7-12-22(21)26-25-27(15-8-16-32-25)24(28)23-14-13-19(31-23)17-33(29,30)20-9-4-3-5-10-20/h3-7,9-14,18H,8,15-17H2,1-2H3. The first-order valence-corrected chi connectivity index (χ1v) is 13.5. The van der Waals surface area contributed by atoms with Crippen LogP contribution in [-0.2, 0) is 15.6 Å². The summed E-state index contributed by atoms with van der Waals surface area (Å²) in [6.07, 6.45) is 0.844. The number of sulfone groups is 1. The number of rotatable bonds is 6. The molecule has 33 heavy (non-hydrogen) atoms. The number of nitrogens with zero attached hydrogens (tertiary/aromatic N) is 2. The second kappa shape index (κ2) is 9.97. The fourth-order valence-corrected chi connectivity index (χ4v) is 5.84. The molecule has 2 aromatic carbocycles. The lowest BCUT2D eigenvalue weighted by atomic mass is 10.0. The summed E-state index contributed by atoms with van der Waals surface area (Å²) in [4.78, 5) is 19.9. The summed E-state index contributed by atoms with van der Waals surface area (Å²) in [5.41, 5.74) is 1.97. The van der Waals surface area contributed by atoms with Gasteiger partial charge in [0.15, 0.2) is 20.8 Å². The van der Waals surface area contributed by atoms with E-state index in [0.717, 1.165) is 23.4 Å². The highest BCUT2D eigenvalue weighted by Gasteiger charge is 2.28. The summed E-state index contributed by atoms with van der Waals surface area (Å²) in [6.45, 7) is 4.76. The molecular weight excluding hydrogens is 456 g/mol. The molecule has 1 aliphatic heterocycles. The van der Waals surface area contributed by atoms with Gasteiger partial charge in [-0.2, -0.15) is 0 Å². The Labute approximate surface area is 198 Å². The van der Waals surface area contributed by atoms with E-state index in [9.17, 15) is 13.2 Å². The normalized spacial score (nSPS) is 15.8. The van der Waals surface area contributed by atoms with Gasteiger partial charge >= 0.3 is 0 Å². The van der Waals surface area contributed by atoms with Gasteiger partial charge in [0, 0.05) is 12.3 Å². The minimum Gasteiger partial charge on any atom is -0.455 e. The average molecular weight is 483 g/mol. The molecule has 1 amide bonds. The Morgan fingerprint density at radius 3 is 2.55 bits per heavy atom. The van der Waals surface area contributed by atoms with Crippen molar-refractivity contribution in [1.82, 2.24) is 4.90 Å². The third kappa shape index (κ3) is 5.39. The maximum absolute atomic E-state index is 13.3. The number of amides is 1. The Bertz CT molecular complexity index is 1260. The number of aliphatic imine (C=N–C) groups is 1. The molecular formula is C25H26N2O4S2. The third-order valence-electron chi connectivity index (χ3n) is 5.32. The number of amidine groups is 1. The molecule has 2 heterocycles. The quantitative estimate of drug-likeness (QED) is 0.454. The summed E-state index contributed by atoms with van der Waals surface area (Å²) in [5.74, 6) is 0.914. The molecule has 0 aliphatic carbocycles. The number of carbonyl (C=O) groups is 1. The zero-order chi connectivity index (χ0) is 23.4. The number of furan rings is 1. The fraction of sp³-hybridized carbons (Fsp3) is 0.280. The number of carbonyl (C=O) groups excluding carboxylic acids is 1. The maximum atomic E-state index is 13.3. The van der Waals surface area contributed by atoms with Crippen LogP contribution >= 0.6 is 11.8 Å². The van der Waals surface area contributed by atoms with Gasteiger partial charge in [-0.05, 0) is 48.2 Å². The molecule has 4 rings (SSSR count). The lowest BCUT2D eigenvalue weighted by molar-refractivity contribution is 0.0817. The van der Waals surface area contributed by atoms with E-state index in [1.807, 2.05) is 18.2 Å². The highest BCUT2D eigenvalue weighted by Crippen LogP contribution is 2.30. The molecule has 1 fully saturated rings. The minimum absolute atomic E-state index is 0.112. The molecule has 0 atom stereocenters. The van der Waals surface area contributed by atoms with E-state index in [-0.39, 0.29) is 28.1 Å². The monoisotopic (exact) mass is 482 g/mol. The molecule has 0 spiro atoms. The lowest BCUT2D eigenvalue weighted by Crippen LogP contribution is -2.39. The van der Waals surface area contributed by atoms with Crippen LogP contribution in [0.2, 0.25) is 0 Å². The van der Waals surface area contributed by atoms with Gasteiger partial charge in [-0.25, -0.2) is 13.4 Å². The van der Waals surface area contributed by atoms with Crippen molar-refractivity contribution in [3.05, 3.63) is 83.8 Å². The van der Waals surface area contributed by atoms with Crippen molar-refractivity contribution in [3.8, 4) is 0 Å². The zero-order valence-electron chi connectivity index (χ0n) is 18.6. The van der Waals surface area contributed by atoms with Crippen molar-refractivity contribution in [1.29, 1.82) is 0 Å². The van der Waals surface area contributed by atoms with Crippen molar-refractivity contribution in [2.75, 3.05) is 12.3 Å². The van der Waals surface area contributed by atoms with Gasteiger partial charge in [-0.15, -0.1) is 0 Å². The van der Waals surface area contributed by atoms with Crippen molar-refractivity contribution in [2.24, 2.45) is 4.99 Å². The molecule has 8 heteroatoms. The SMILES string of the molecule is CC(C)c1ccccc1N=C1SCCCN1C(=O)c1ccc(CS(=O)(=O)c2ccccc2)o1. The van der Waals surface area contributed by atoms with Gasteiger partial charge in [0.25, 0.3) is 5.91 Å². The van der Waals surface area contributed by atoms with E-state index >= 15 is 0 Å². The Morgan fingerprint density at radius 2 is 1.79 bits per heavy atom. The van der Waals surface area contributed by atoms with E-state index in [0.29, 0.717) is 17.6 Å². The predicted molar refractivity (Wildman–Crippen MR) is 132 cm³/mol. The van der Waals surface area contributed by atoms with Crippen LogP contribution in [0.4, 0.5) is 5.69 Å². The number of hydrogen-bond donors (Lipinski definition) is 0. The minimum atomic E-state index is -3.56. The van der Waals surface area contributed by atoms with E-state index in [1.165, 1.54) is 6.07 Å². The lowest BCUT2D eigenvalue weighted by Gasteiger charge is -2.27. The highest BCUT2D eigenvalue weighted by molar-refractivity contribution is 8.13. The predicted octanol–water partition coefficient (Wildman–Crippen LogP) is 5.64. The molecule has 0 bridgehead atoms. The molecule has 3 aromatic rings. The van der Waals surface area contributed by atoms with Crippen LogP contribution in [0.15, 0.2) is 81.0 Å². The maximum Gasteiger partial charge on any atom is 0.295 e. The first kappa shape index (κ1) is 23.3. The van der Waals surface area contributed by atoms with Gasteiger partial charge in [0.2, 0.25) is 0 Å². The third-order valence-corrected chi connectivity index (χ3v) is 8.03. The molecule has 1 aliphatic rings. The van der Waals surface area contributed by atoms with E-state index in [2.05, 4.69) is 19.9 Å². The average Bonchev–Trinajstić information content (AvgIpc) is 3.27. The van der Waals surface area contributed by atoms with E-state index in [1.54, 1.807) is 53.1 Å². The molecule has 0 radical (unpaired) electrons. The summed E-state index contributed by atoms with van der Waals surface area (Å²) >= 11 is 1.54. The van der Waals surface area contributed by atoms with Crippen LogP contribution in [0.25, 0.3) is 0 Å². The Kier molecular flexibility index (Phi) is 7.05. The Hall–Kier alpha value is -2.84. The fourth-order valence-electron chi connectivity index (χ4n) is 3.62. The zero-order valence-corrected chi connectivity index (χ0v) is 20.2. The van der Waals surface area contributed by atoms with Gasteiger partial charge in [-0.1, -0.05) is 62.0 Å². The first-order valence-electron chi connectivity index (χ1n) is 10.8. The number of benzene rings is 2. The topological polar surface area (TPSA) is 80.0 Å². The number of hydrogen-bond acceptors (Lipinski definition) is 6. The van der Waals surface area contributed by atoms with Gasteiger partial charge < -0.3 is 4.42 Å². The van der Waals surface area contributed by atoms with Crippen LogP contribution in [0, 0.1) is 0 Å². The highest BCUT2D eigenvalue weighted by atomic mass is 32.2. The van der Waals surface area contributed by atoms with Gasteiger partial charge in [0.1, 0.15) is 11.5 Å². The van der Waals surface area contributed by atoms with Crippen LogP contribution in [0.5, 0.6) is 0 Å². The molecule has 1 aromatic heterocycles. The summed E-state index contributed by atoms with van der Waals surface area (Å²) in [7, 11) is -3.56. The van der Waals surface area contributed by atoms with E-state index < -0.39 is 9.84 Å². The largest absolute Gasteiger partial charge is 0.455 e. The van der Waals surface area contributed by atoms with Gasteiger partial charge in [0.05, 0.1) is 10.6 Å². The Morgan fingerprint density at radius 1 is 1.06 bits per heavy atom.